The molecule has 0 radical (unpaired) electrons. The number of hydrogen-bond donors (Lipinski definition) is 3. The van der Waals surface area contributed by atoms with Gasteiger partial charge in [0.05, 0.1) is 12.7 Å². The van der Waals surface area contributed by atoms with Crippen LogP contribution in [0, 0.1) is 0 Å². The Morgan fingerprint density at radius 3 is 2.65 bits per heavy atom. The van der Waals surface area contributed by atoms with Crippen molar-refractivity contribution in [3.63, 3.8) is 0 Å². The lowest BCUT2D eigenvalue weighted by atomic mass is 10.2. The second-order valence-corrected chi connectivity index (χ2v) is 3.34. The Bertz CT molecular complexity index is 494. The number of carbonyl (C=O) groups is 2. The molecule has 1 aromatic heterocycles. The first-order valence-electron chi connectivity index (χ1n) is 4.76. The van der Waals surface area contributed by atoms with Gasteiger partial charge >= 0.3 is 5.97 Å². The van der Waals surface area contributed by atoms with E-state index in [-0.39, 0.29) is 5.56 Å². The Labute approximate surface area is 96.4 Å². The van der Waals surface area contributed by atoms with Gasteiger partial charge in [0, 0.05) is 12.1 Å². The van der Waals surface area contributed by atoms with E-state index in [1.165, 1.54) is 14.0 Å². The molecular formula is C10H12N2O5. The van der Waals surface area contributed by atoms with Crippen LogP contribution < -0.4 is 10.9 Å². The molecule has 0 aromatic carbocycles. The average molecular weight is 240 g/mol. The molecule has 0 aliphatic rings. The van der Waals surface area contributed by atoms with Crippen molar-refractivity contribution in [1.29, 1.82) is 0 Å². The summed E-state index contributed by atoms with van der Waals surface area (Å²) in [6.07, 6.45) is 0. The number of methoxy groups -OCH3 is 1. The summed E-state index contributed by atoms with van der Waals surface area (Å²) >= 11 is 0. The van der Waals surface area contributed by atoms with Crippen molar-refractivity contribution in [3.05, 3.63) is 28.0 Å². The third kappa shape index (κ3) is 3.33. The highest BCUT2D eigenvalue weighted by molar-refractivity contribution is 5.96. The SMILES string of the molecule is COC(=O)C(C)NC(=O)c1cc(O)[nH]c(=O)c1. The first-order chi connectivity index (χ1) is 7.93. The molecule has 0 aliphatic heterocycles. The standard InChI is InChI=1S/C10H12N2O5/c1-5(10(16)17-2)11-9(15)6-3-7(13)12-8(14)4-6/h3-5H,1-2H3,(H,11,15)(H2,12,13,14). The summed E-state index contributed by atoms with van der Waals surface area (Å²) in [6.45, 7) is 1.44. The van der Waals surface area contributed by atoms with Crippen molar-refractivity contribution in [2.45, 2.75) is 13.0 Å². The van der Waals surface area contributed by atoms with Gasteiger partial charge in [-0.3, -0.25) is 14.6 Å². The van der Waals surface area contributed by atoms with Crippen LogP contribution in [0.3, 0.4) is 0 Å². The molecule has 7 nitrogen and oxygen atoms in total. The highest BCUT2D eigenvalue weighted by Gasteiger charge is 2.17. The number of H-pyrrole nitrogens is 1. The zero-order valence-corrected chi connectivity index (χ0v) is 9.31. The minimum absolute atomic E-state index is 0.0398. The summed E-state index contributed by atoms with van der Waals surface area (Å²) in [7, 11) is 1.20. The predicted molar refractivity (Wildman–Crippen MR) is 57.7 cm³/mol. The maximum Gasteiger partial charge on any atom is 0.328 e. The second kappa shape index (κ2) is 5.15. The third-order valence-corrected chi connectivity index (χ3v) is 1.99. The summed E-state index contributed by atoms with van der Waals surface area (Å²) in [6, 6.07) is 1.26. The number of amides is 1. The molecule has 1 unspecified atom stereocenters. The molecule has 3 N–H and O–H groups in total. The van der Waals surface area contributed by atoms with Crippen molar-refractivity contribution in [1.82, 2.24) is 10.3 Å². The molecule has 1 atom stereocenters. The maximum absolute atomic E-state index is 11.6. The number of ether oxygens (including phenoxy) is 1. The Morgan fingerprint density at radius 1 is 1.47 bits per heavy atom. The lowest BCUT2D eigenvalue weighted by Gasteiger charge is -2.11. The fraction of sp³-hybridized carbons (Fsp3) is 0.300. The van der Waals surface area contributed by atoms with Gasteiger partial charge < -0.3 is 15.2 Å². The van der Waals surface area contributed by atoms with Crippen molar-refractivity contribution in [2.75, 3.05) is 7.11 Å². The summed E-state index contributed by atoms with van der Waals surface area (Å²) in [5, 5.41) is 11.4. The number of esters is 1. The molecule has 0 spiro atoms. The van der Waals surface area contributed by atoms with E-state index in [1.54, 1.807) is 0 Å². The smallest absolute Gasteiger partial charge is 0.328 e. The summed E-state index contributed by atoms with van der Waals surface area (Å²) in [4.78, 5) is 35.7. The quantitative estimate of drug-likeness (QED) is 0.610. The van der Waals surface area contributed by atoms with Gasteiger partial charge in [0.2, 0.25) is 0 Å². The minimum Gasteiger partial charge on any atom is -0.494 e. The minimum atomic E-state index is -0.839. The Balaban J connectivity index is 2.83. The van der Waals surface area contributed by atoms with Gasteiger partial charge in [0.1, 0.15) is 6.04 Å². The van der Waals surface area contributed by atoms with Crippen LogP contribution in [0.4, 0.5) is 0 Å². The van der Waals surface area contributed by atoms with E-state index >= 15 is 0 Å². The normalized spacial score (nSPS) is 11.6. The number of carbonyl (C=O) groups excluding carboxylic acids is 2. The van der Waals surface area contributed by atoms with Gasteiger partial charge in [-0.15, -0.1) is 0 Å². The third-order valence-electron chi connectivity index (χ3n) is 1.99. The first kappa shape index (κ1) is 12.8. The van der Waals surface area contributed by atoms with E-state index in [2.05, 4.69) is 15.0 Å². The summed E-state index contributed by atoms with van der Waals surface area (Å²) < 4.78 is 4.43. The van der Waals surface area contributed by atoms with Crippen LogP contribution in [0.1, 0.15) is 17.3 Å². The van der Waals surface area contributed by atoms with E-state index < -0.39 is 29.4 Å². The number of aromatic amines is 1. The topological polar surface area (TPSA) is 108 Å². The zero-order chi connectivity index (χ0) is 13.0. The molecule has 92 valence electrons. The molecule has 1 heterocycles. The molecular weight excluding hydrogens is 228 g/mol. The molecule has 17 heavy (non-hydrogen) atoms. The molecule has 7 heteroatoms. The lowest BCUT2D eigenvalue weighted by Crippen LogP contribution is -2.39. The van der Waals surface area contributed by atoms with E-state index in [4.69, 9.17) is 5.11 Å². The van der Waals surface area contributed by atoms with Gasteiger partial charge in [0.15, 0.2) is 5.88 Å². The highest BCUT2D eigenvalue weighted by atomic mass is 16.5. The number of aromatic nitrogens is 1. The average Bonchev–Trinajstić information content (AvgIpc) is 2.26. The van der Waals surface area contributed by atoms with E-state index in [0.29, 0.717) is 0 Å². The Kier molecular flexibility index (Phi) is 3.86. The highest BCUT2D eigenvalue weighted by Crippen LogP contribution is 2.04. The fourth-order valence-electron chi connectivity index (χ4n) is 1.18. The van der Waals surface area contributed by atoms with Gasteiger partial charge in [-0.05, 0) is 6.92 Å². The first-order valence-corrected chi connectivity index (χ1v) is 4.76. The van der Waals surface area contributed by atoms with Crippen molar-refractivity contribution < 1.29 is 19.4 Å². The fourth-order valence-corrected chi connectivity index (χ4v) is 1.18. The molecule has 1 aromatic rings. The predicted octanol–water partition coefficient (Wildman–Crippen LogP) is -0.628. The zero-order valence-electron chi connectivity index (χ0n) is 9.31. The van der Waals surface area contributed by atoms with Gasteiger partial charge in [-0.1, -0.05) is 0 Å². The van der Waals surface area contributed by atoms with Gasteiger partial charge in [-0.2, -0.15) is 0 Å². The Morgan fingerprint density at radius 2 is 2.12 bits per heavy atom. The second-order valence-electron chi connectivity index (χ2n) is 3.34. The van der Waals surface area contributed by atoms with E-state index in [0.717, 1.165) is 12.1 Å². The summed E-state index contributed by atoms with van der Waals surface area (Å²) in [5.41, 5.74) is -0.650. The van der Waals surface area contributed by atoms with Crippen LogP contribution in [-0.4, -0.2) is 35.1 Å². The summed E-state index contributed by atoms with van der Waals surface area (Å²) in [5.74, 6) is -1.68. The van der Waals surface area contributed by atoms with Crippen LogP contribution in [-0.2, 0) is 9.53 Å². The van der Waals surface area contributed by atoms with Crippen LogP contribution >= 0.6 is 0 Å². The van der Waals surface area contributed by atoms with Crippen molar-refractivity contribution in [3.8, 4) is 5.88 Å². The number of hydrogen-bond acceptors (Lipinski definition) is 5. The largest absolute Gasteiger partial charge is 0.494 e. The number of aromatic hydroxyl groups is 1. The molecule has 0 saturated heterocycles. The lowest BCUT2D eigenvalue weighted by molar-refractivity contribution is -0.142. The van der Waals surface area contributed by atoms with Crippen LogP contribution in [0.2, 0.25) is 0 Å². The number of rotatable bonds is 3. The van der Waals surface area contributed by atoms with Crippen LogP contribution in [0.5, 0.6) is 5.88 Å². The van der Waals surface area contributed by atoms with Crippen molar-refractivity contribution in [2.24, 2.45) is 0 Å². The van der Waals surface area contributed by atoms with Crippen LogP contribution in [0.15, 0.2) is 16.9 Å². The van der Waals surface area contributed by atoms with Gasteiger partial charge in [0.25, 0.3) is 11.5 Å². The van der Waals surface area contributed by atoms with E-state index in [9.17, 15) is 14.4 Å². The molecule has 1 rings (SSSR count). The molecule has 0 bridgehead atoms. The van der Waals surface area contributed by atoms with Crippen LogP contribution in [0.25, 0.3) is 0 Å². The monoisotopic (exact) mass is 240 g/mol. The molecule has 0 fully saturated rings. The molecule has 1 amide bonds. The molecule has 0 saturated carbocycles. The number of pyridine rings is 1. The van der Waals surface area contributed by atoms with Crippen molar-refractivity contribution >= 4 is 11.9 Å². The van der Waals surface area contributed by atoms with E-state index in [1.807, 2.05) is 0 Å². The Hall–Kier alpha value is -2.31. The molecule has 0 aliphatic carbocycles. The number of nitrogens with one attached hydrogen (secondary N) is 2. The maximum atomic E-state index is 11.6. The van der Waals surface area contributed by atoms with Gasteiger partial charge in [-0.25, -0.2) is 4.79 Å².